The predicted octanol–water partition coefficient (Wildman–Crippen LogP) is 3.80. The lowest BCUT2D eigenvalue weighted by Gasteiger charge is -2.42. The van der Waals surface area contributed by atoms with E-state index in [0.29, 0.717) is 24.8 Å². The van der Waals surface area contributed by atoms with Crippen molar-refractivity contribution in [3.63, 3.8) is 0 Å². The van der Waals surface area contributed by atoms with Crippen molar-refractivity contribution in [2.24, 2.45) is 0 Å². The van der Waals surface area contributed by atoms with Gasteiger partial charge in [-0.25, -0.2) is 9.78 Å². The van der Waals surface area contributed by atoms with Crippen LogP contribution in [0.2, 0.25) is 5.15 Å². The Labute approximate surface area is 165 Å². The predicted molar refractivity (Wildman–Crippen MR) is 106 cm³/mol. The zero-order valence-corrected chi connectivity index (χ0v) is 16.7. The van der Waals surface area contributed by atoms with Crippen LogP contribution in [-0.4, -0.2) is 52.2 Å². The van der Waals surface area contributed by atoms with E-state index in [-0.39, 0.29) is 12.1 Å². The molecule has 6 nitrogen and oxygen atoms in total. The van der Waals surface area contributed by atoms with E-state index >= 15 is 0 Å². The lowest BCUT2D eigenvalue weighted by Crippen LogP contribution is -2.57. The summed E-state index contributed by atoms with van der Waals surface area (Å²) in [5.41, 5.74) is 0.652. The van der Waals surface area contributed by atoms with Crippen LogP contribution in [-0.2, 0) is 11.2 Å². The zero-order chi connectivity index (χ0) is 19.4. The number of aromatic nitrogens is 2. The van der Waals surface area contributed by atoms with Crippen molar-refractivity contribution in [2.75, 3.05) is 24.5 Å². The van der Waals surface area contributed by atoms with Crippen molar-refractivity contribution in [2.45, 2.75) is 38.8 Å². The Balaban J connectivity index is 1.80. The van der Waals surface area contributed by atoms with Crippen molar-refractivity contribution in [1.82, 2.24) is 14.9 Å². The molecule has 1 aromatic heterocycles. The van der Waals surface area contributed by atoms with Gasteiger partial charge in [-0.2, -0.15) is 0 Å². The molecular formula is C20H25ClN4O2. The molecule has 0 spiro atoms. The number of rotatable bonds is 3. The SMILES string of the molecule is CC(C)(C)OC(=O)N1CCN(c2cncc(Cl)n2)CC1Cc1ccccc1. The minimum atomic E-state index is -0.524. The van der Waals surface area contributed by atoms with Gasteiger partial charge < -0.3 is 14.5 Å². The Hall–Kier alpha value is -2.34. The summed E-state index contributed by atoms with van der Waals surface area (Å²) in [7, 11) is 0. The van der Waals surface area contributed by atoms with Crippen molar-refractivity contribution in [3.8, 4) is 0 Å². The summed E-state index contributed by atoms with van der Waals surface area (Å²) in [6, 6.07) is 10.1. The van der Waals surface area contributed by atoms with Gasteiger partial charge in [-0.1, -0.05) is 41.9 Å². The summed E-state index contributed by atoms with van der Waals surface area (Å²) in [6.45, 7) is 7.50. The third-order valence-corrected chi connectivity index (χ3v) is 4.52. The first-order chi connectivity index (χ1) is 12.8. The monoisotopic (exact) mass is 388 g/mol. The summed E-state index contributed by atoms with van der Waals surface area (Å²) in [5, 5.41) is 0.363. The van der Waals surface area contributed by atoms with Crippen LogP contribution in [0.5, 0.6) is 0 Å². The molecule has 1 aromatic carbocycles. The minimum Gasteiger partial charge on any atom is -0.444 e. The average molecular weight is 389 g/mol. The second kappa shape index (κ2) is 8.13. The van der Waals surface area contributed by atoms with Crippen LogP contribution in [0.1, 0.15) is 26.3 Å². The number of amides is 1. The molecule has 7 heteroatoms. The van der Waals surface area contributed by atoms with Crippen LogP contribution < -0.4 is 4.90 Å². The highest BCUT2D eigenvalue weighted by molar-refractivity contribution is 6.29. The normalized spacial score (nSPS) is 17.7. The number of piperazine rings is 1. The quantitative estimate of drug-likeness (QED) is 0.800. The smallest absolute Gasteiger partial charge is 0.410 e. The van der Waals surface area contributed by atoms with Crippen molar-refractivity contribution in [1.29, 1.82) is 0 Å². The molecule has 27 heavy (non-hydrogen) atoms. The first-order valence-electron chi connectivity index (χ1n) is 9.08. The summed E-state index contributed by atoms with van der Waals surface area (Å²) in [5.74, 6) is 0.726. The molecule has 2 aromatic rings. The number of nitrogens with zero attached hydrogens (tertiary/aromatic N) is 4. The molecule has 1 fully saturated rings. The van der Waals surface area contributed by atoms with Crippen LogP contribution >= 0.6 is 11.6 Å². The maximum atomic E-state index is 12.7. The van der Waals surface area contributed by atoms with Gasteiger partial charge in [0.05, 0.1) is 18.4 Å². The molecule has 1 amide bonds. The van der Waals surface area contributed by atoms with Gasteiger partial charge in [0.25, 0.3) is 0 Å². The number of ether oxygens (including phenoxy) is 1. The lowest BCUT2D eigenvalue weighted by molar-refractivity contribution is 0.0140. The summed E-state index contributed by atoms with van der Waals surface area (Å²) >= 11 is 6.00. The average Bonchev–Trinajstić information content (AvgIpc) is 2.61. The fourth-order valence-corrected chi connectivity index (χ4v) is 3.31. The van der Waals surface area contributed by atoms with E-state index < -0.39 is 5.60 Å². The maximum absolute atomic E-state index is 12.7. The van der Waals surface area contributed by atoms with E-state index in [1.165, 1.54) is 11.8 Å². The van der Waals surface area contributed by atoms with Gasteiger partial charge in [0.15, 0.2) is 0 Å². The van der Waals surface area contributed by atoms with E-state index in [2.05, 4.69) is 27.0 Å². The molecular weight excluding hydrogens is 364 g/mol. The van der Waals surface area contributed by atoms with Crippen molar-refractivity contribution in [3.05, 3.63) is 53.4 Å². The van der Waals surface area contributed by atoms with Crippen LogP contribution in [0.3, 0.4) is 0 Å². The molecule has 1 aliphatic heterocycles. The number of carbonyl (C=O) groups is 1. The fourth-order valence-electron chi connectivity index (χ4n) is 3.17. The van der Waals surface area contributed by atoms with E-state index in [9.17, 15) is 4.79 Å². The molecule has 3 rings (SSSR count). The topological polar surface area (TPSA) is 58.6 Å². The number of carbonyl (C=O) groups excluding carboxylic acids is 1. The lowest BCUT2D eigenvalue weighted by atomic mass is 10.0. The molecule has 0 N–H and O–H groups in total. The Morgan fingerprint density at radius 3 is 2.63 bits per heavy atom. The molecule has 0 bridgehead atoms. The second-order valence-corrected chi connectivity index (χ2v) is 8.05. The van der Waals surface area contributed by atoms with Gasteiger partial charge in [0, 0.05) is 19.6 Å². The molecule has 1 aliphatic rings. The third kappa shape index (κ3) is 5.32. The third-order valence-electron chi connectivity index (χ3n) is 4.34. The number of hydrogen-bond donors (Lipinski definition) is 0. The highest BCUT2D eigenvalue weighted by Gasteiger charge is 2.34. The van der Waals surface area contributed by atoms with Gasteiger partial charge in [-0.3, -0.25) is 4.98 Å². The molecule has 1 atom stereocenters. The number of benzene rings is 1. The Kier molecular flexibility index (Phi) is 5.85. The Morgan fingerprint density at radius 1 is 1.22 bits per heavy atom. The molecule has 144 valence electrons. The summed E-state index contributed by atoms with van der Waals surface area (Å²) < 4.78 is 5.62. The first kappa shape index (κ1) is 19.4. The standard InChI is InChI=1S/C20H25ClN4O2/c1-20(2,3)27-19(26)25-10-9-24(18-13-22-12-17(21)23-18)14-16(25)11-15-7-5-4-6-8-15/h4-8,12-13,16H,9-11,14H2,1-3H3. The Bertz CT molecular complexity index is 779. The molecule has 0 saturated carbocycles. The van der Waals surface area contributed by atoms with Gasteiger partial charge in [0.1, 0.15) is 16.6 Å². The van der Waals surface area contributed by atoms with E-state index in [1.807, 2.05) is 43.9 Å². The van der Waals surface area contributed by atoms with E-state index in [4.69, 9.17) is 16.3 Å². The minimum absolute atomic E-state index is 0.0308. The molecule has 0 aliphatic carbocycles. The largest absolute Gasteiger partial charge is 0.444 e. The maximum Gasteiger partial charge on any atom is 0.410 e. The number of anilines is 1. The van der Waals surface area contributed by atoms with Gasteiger partial charge in [-0.15, -0.1) is 0 Å². The molecule has 0 radical (unpaired) electrons. The van der Waals surface area contributed by atoms with Crippen molar-refractivity contribution < 1.29 is 9.53 Å². The first-order valence-corrected chi connectivity index (χ1v) is 9.46. The highest BCUT2D eigenvalue weighted by Crippen LogP contribution is 2.22. The summed E-state index contributed by atoms with van der Waals surface area (Å²) in [4.78, 5) is 25.2. The van der Waals surface area contributed by atoms with Crippen LogP contribution in [0, 0.1) is 0 Å². The summed E-state index contributed by atoms with van der Waals surface area (Å²) in [6.07, 6.45) is 3.68. The van der Waals surface area contributed by atoms with Crippen LogP contribution in [0.4, 0.5) is 10.6 Å². The Morgan fingerprint density at radius 2 is 1.96 bits per heavy atom. The van der Waals surface area contributed by atoms with Gasteiger partial charge in [-0.05, 0) is 32.8 Å². The van der Waals surface area contributed by atoms with Crippen LogP contribution in [0.15, 0.2) is 42.7 Å². The van der Waals surface area contributed by atoms with Gasteiger partial charge in [0.2, 0.25) is 0 Å². The molecule has 1 unspecified atom stereocenters. The number of hydrogen-bond acceptors (Lipinski definition) is 5. The van der Waals surface area contributed by atoms with E-state index in [1.54, 1.807) is 6.20 Å². The number of halogens is 1. The second-order valence-electron chi connectivity index (χ2n) is 7.66. The highest BCUT2D eigenvalue weighted by atomic mass is 35.5. The molecule has 2 heterocycles. The van der Waals surface area contributed by atoms with Gasteiger partial charge >= 0.3 is 6.09 Å². The van der Waals surface area contributed by atoms with Crippen molar-refractivity contribution >= 4 is 23.5 Å². The van der Waals surface area contributed by atoms with Crippen LogP contribution in [0.25, 0.3) is 0 Å². The van der Waals surface area contributed by atoms with E-state index in [0.717, 1.165) is 12.2 Å². The zero-order valence-electron chi connectivity index (χ0n) is 15.9. The fraction of sp³-hybridized carbons (Fsp3) is 0.450. The molecule has 1 saturated heterocycles.